The molecular weight excluding hydrogens is 343 g/mol. The molecule has 1 aliphatic rings. The molecule has 2 aromatic carbocycles. The van der Waals surface area contributed by atoms with Gasteiger partial charge in [-0.15, -0.1) is 0 Å². The second kappa shape index (κ2) is 5.26. The third-order valence-corrected chi connectivity index (χ3v) is 4.49. The minimum atomic E-state index is -0.355. The first-order chi connectivity index (χ1) is 9.54. The predicted octanol–water partition coefficient (Wildman–Crippen LogP) is 4.92. The lowest BCUT2D eigenvalue weighted by Gasteiger charge is -2.18. The first-order valence-corrected chi connectivity index (χ1v) is 7.51. The van der Waals surface area contributed by atoms with Crippen LogP contribution in [-0.2, 0) is 6.42 Å². The van der Waals surface area contributed by atoms with Gasteiger partial charge in [0.25, 0.3) is 0 Å². The lowest BCUT2D eigenvalue weighted by molar-refractivity contribution is 0.627. The fourth-order valence-electron chi connectivity index (χ4n) is 2.64. The summed E-state index contributed by atoms with van der Waals surface area (Å²) in [6.07, 6.45) is 1.95. The van der Waals surface area contributed by atoms with Gasteiger partial charge < -0.3 is 11.1 Å². The van der Waals surface area contributed by atoms with E-state index in [1.165, 1.54) is 23.3 Å². The zero-order chi connectivity index (χ0) is 14.3. The van der Waals surface area contributed by atoms with Crippen LogP contribution in [0, 0.1) is 5.82 Å². The molecule has 0 aromatic heterocycles. The van der Waals surface area contributed by atoms with Gasteiger partial charge in [-0.3, -0.25) is 0 Å². The quantitative estimate of drug-likeness (QED) is 0.750. The minimum absolute atomic E-state index is 0.171. The Morgan fingerprint density at radius 3 is 2.85 bits per heavy atom. The van der Waals surface area contributed by atoms with Crippen LogP contribution in [0.4, 0.5) is 15.8 Å². The molecule has 0 spiro atoms. The summed E-state index contributed by atoms with van der Waals surface area (Å²) >= 11 is 9.46. The Kier molecular flexibility index (Phi) is 3.61. The average Bonchev–Trinajstić information content (AvgIpc) is 2.76. The molecule has 0 fully saturated rings. The van der Waals surface area contributed by atoms with Crippen molar-refractivity contribution in [2.75, 3.05) is 11.1 Å². The number of hydrogen-bond donors (Lipinski definition) is 2. The van der Waals surface area contributed by atoms with E-state index in [-0.39, 0.29) is 11.9 Å². The molecule has 20 heavy (non-hydrogen) atoms. The summed E-state index contributed by atoms with van der Waals surface area (Å²) in [5, 5.41) is 3.77. The molecule has 0 radical (unpaired) electrons. The summed E-state index contributed by atoms with van der Waals surface area (Å²) in [5.41, 5.74) is 9.80. The van der Waals surface area contributed by atoms with Gasteiger partial charge in [0.15, 0.2) is 0 Å². The number of nitrogen functional groups attached to an aromatic ring is 1. The second-order valence-corrected chi connectivity index (χ2v) is 6.20. The zero-order valence-corrected chi connectivity index (χ0v) is 12.9. The van der Waals surface area contributed by atoms with Crippen molar-refractivity contribution in [3.05, 3.63) is 56.8 Å². The number of hydrogen-bond acceptors (Lipinski definition) is 2. The Morgan fingerprint density at radius 1 is 1.30 bits per heavy atom. The lowest BCUT2D eigenvalue weighted by Crippen LogP contribution is -2.08. The molecule has 0 bridgehead atoms. The number of rotatable bonds is 2. The van der Waals surface area contributed by atoms with E-state index in [0.29, 0.717) is 9.50 Å². The first kappa shape index (κ1) is 13.7. The summed E-state index contributed by atoms with van der Waals surface area (Å²) in [6, 6.07) is 8.85. The molecule has 3 rings (SSSR count). The van der Waals surface area contributed by atoms with Gasteiger partial charge in [0.05, 0.1) is 16.8 Å². The number of nitrogens with two attached hydrogens (primary N) is 1. The molecule has 0 saturated heterocycles. The molecule has 1 aliphatic carbocycles. The highest BCUT2D eigenvalue weighted by atomic mass is 79.9. The lowest BCUT2D eigenvalue weighted by atomic mass is 10.1. The predicted molar refractivity (Wildman–Crippen MR) is 84.6 cm³/mol. The Hall–Kier alpha value is -1.26. The molecule has 2 nitrogen and oxygen atoms in total. The van der Waals surface area contributed by atoms with Crippen LogP contribution in [0.3, 0.4) is 0 Å². The summed E-state index contributed by atoms with van der Waals surface area (Å²) in [6.45, 7) is 0. The zero-order valence-electron chi connectivity index (χ0n) is 10.6. The van der Waals surface area contributed by atoms with E-state index in [2.05, 4.69) is 21.2 Å². The fourth-order valence-corrected chi connectivity index (χ4v) is 3.56. The number of aryl methyl sites for hydroxylation is 1. The van der Waals surface area contributed by atoms with Gasteiger partial charge in [0.1, 0.15) is 5.82 Å². The molecule has 2 aromatic rings. The molecule has 0 heterocycles. The average molecular weight is 356 g/mol. The number of nitrogens with one attached hydrogen (secondary N) is 1. The van der Waals surface area contributed by atoms with Crippen LogP contribution < -0.4 is 11.1 Å². The standard InChI is InChI=1S/C15H13BrClFN2/c16-12-6-9(18)7-13(17)15(12)20-14-4-1-8-5-10(19)2-3-11(8)14/h2-3,5-7,14,20H,1,4,19H2. The van der Waals surface area contributed by atoms with Gasteiger partial charge in [0.2, 0.25) is 0 Å². The normalized spacial score (nSPS) is 17.1. The fraction of sp³-hybridized carbons (Fsp3) is 0.200. The monoisotopic (exact) mass is 354 g/mol. The van der Waals surface area contributed by atoms with Gasteiger partial charge in [0, 0.05) is 10.2 Å². The van der Waals surface area contributed by atoms with Crippen molar-refractivity contribution < 1.29 is 4.39 Å². The molecule has 0 amide bonds. The second-order valence-electron chi connectivity index (χ2n) is 4.94. The highest BCUT2D eigenvalue weighted by Crippen LogP contribution is 2.39. The third-order valence-electron chi connectivity index (χ3n) is 3.57. The van der Waals surface area contributed by atoms with Crippen LogP contribution in [0.15, 0.2) is 34.8 Å². The van der Waals surface area contributed by atoms with E-state index in [1.54, 1.807) is 0 Å². The molecule has 1 unspecified atom stereocenters. The van der Waals surface area contributed by atoms with Crippen LogP contribution >= 0.6 is 27.5 Å². The number of anilines is 2. The highest BCUT2D eigenvalue weighted by Gasteiger charge is 2.23. The van der Waals surface area contributed by atoms with Crippen LogP contribution in [0.2, 0.25) is 5.02 Å². The largest absolute Gasteiger partial charge is 0.399 e. The smallest absolute Gasteiger partial charge is 0.125 e. The summed E-state index contributed by atoms with van der Waals surface area (Å²) < 4.78 is 13.9. The van der Waals surface area contributed by atoms with Crippen LogP contribution in [0.1, 0.15) is 23.6 Å². The van der Waals surface area contributed by atoms with Crippen molar-refractivity contribution >= 4 is 38.9 Å². The highest BCUT2D eigenvalue weighted by molar-refractivity contribution is 9.10. The summed E-state index contributed by atoms with van der Waals surface area (Å²) in [4.78, 5) is 0. The van der Waals surface area contributed by atoms with Crippen LogP contribution in [-0.4, -0.2) is 0 Å². The molecular formula is C15H13BrClFN2. The molecule has 3 N–H and O–H groups in total. The molecule has 5 heteroatoms. The molecule has 0 saturated carbocycles. The van der Waals surface area contributed by atoms with Crippen molar-refractivity contribution in [2.45, 2.75) is 18.9 Å². The number of benzene rings is 2. The Balaban J connectivity index is 1.91. The van der Waals surface area contributed by atoms with Gasteiger partial charge in [-0.1, -0.05) is 17.7 Å². The van der Waals surface area contributed by atoms with E-state index >= 15 is 0 Å². The van der Waals surface area contributed by atoms with Crippen molar-refractivity contribution in [1.29, 1.82) is 0 Å². The van der Waals surface area contributed by atoms with Gasteiger partial charge in [-0.25, -0.2) is 4.39 Å². The van der Waals surface area contributed by atoms with E-state index in [1.807, 2.05) is 18.2 Å². The van der Waals surface area contributed by atoms with E-state index in [9.17, 15) is 4.39 Å². The minimum Gasteiger partial charge on any atom is -0.399 e. The maximum absolute atomic E-state index is 13.2. The summed E-state index contributed by atoms with van der Waals surface area (Å²) in [7, 11) is 0. The first-order valence-electron chi connectivity index (χ1n) is 6.34. The molecule has 104 valence electrons. The van der Waals surface area contributed by atoms with E-state index < -0.39 is 0 Å². The van der Waals surface area contributed by atoms with Gasteiger partial charge in [-0.2, -0.15) is 0 Å². The maximum Gasteiger partial charge on any atom is 0.125 e. The number of fused-ring (bicyclic) bond motifs is 1. The molecule has 1 atom stereocenters. The summed E-state index contributed by atoms with van der Waals surface area (Å²) in [5.74, 6) is -0.355. The van der Waals surface area contributed by atoms with Crippen molar-refractivity contribution in [1.82, 2.24) is 0 Å². The van der Waals surface area contributed by atoms with E-state index in [4.69, 9.17) is 17.3 Å². The Morgan fingerprint density at radius 2 is 2.10 bits per heavy atom. The van der Waals surface area contributed by atoms with E-state index in [0.717, 1.165) is 24.2 Å². The van der Waals surface area contributed by atoms with Crippen LogP contribution in [0.25, 0.3) is 0 Å². The SMILES string of the molecule is Nc1ccc2c(c1)CCC2Nc1c(Cl)cc(F)cc1Br. The third kappa shape index (κ3) is 2.50. The van der Waals surface area contributed by atoms with Gasteiger partial charge in [-0.05, 0) is 64.2 Å². The van der Waals surface area contributed by atoms with Crippen molar-refractivity contribution in [2.24, 2.45) is 0 Å². The van der Waals surface area contributed by atoms with Gasteiger partial charge >= 0.3 is 0 Å². The Bertz CT molecular complexity index is 652. The Labute approximate surface area is 130 Å². The van der Waals surface area contributed by atoms with Crippen molar-refractivity contribution in [3.8, 4) is 0 Å². The topological polar surface area (TPSA) is 38.0 Å². The maximum atomic E-state index is 13.2. The molecule has 0 aliphatic heterocycles. The van der Waals surface area contributed by atoms with Crippen molar-refractivity contribution in [3.63, 3.8) is 0 Å². The van der Waals surface area contributed by atoms with Crippen LogP contribution in [0.5, 0.6) is 0 Å². The number of halogens is 3.